The van der Waals surface area contributed by atoms with Crippen molar-refractivity contribution in [3.05, 3.63) is 51.2 Å². The zero-order valence-corrected chi connectivity index (χ0v) is 22.4. The molecule has 5 rings (SSSR count). The minimum atomic E-state index is -0.325. The van der Waals surface area contributed by atoms with Gasteiger partial charge >= 0.3 is 5.69 Å². The van der Waals surface area contributed by atoms with E-state index in [-0.39, 0.29) is 36.1 Å². The van der Waals surface area contributed by atoms with Gasteiger partial charge in [0.25, 0.3) is 5.91 Å². The summed E-state index contributed by atoms with van der Waals surface area (Å²) < 4.78 is 3.46. The second kappa shape index (κ2) is 9.30. The Bertz CT molecular complexity index is 1480. The largest absolute Gasteiger partial charge is 0.350 e. The Morgan fingerprint density at radius 2 is 1.89 bits per heavy atom. The van der Waals surface area contributed by atoms with Crippen molar-refractivity contribution < 1.29 is 4.79 Å². The number of fused-ring (bicyclic) bond motifs is 2. The van der Waals surface area contributed by atoms with E-state index in [2.05, 4.69) is 53.8 Å². The Labute approximate surface area is 216 Å². The normalized spacial score (nSPS) is 20.9. The van der Waals surface area contributed by atoms with Gasteiger partial charge in [-0.25, -0.2) is 9.78 Å². The fraction of sp³-hybridized carbons (Fsp3) is 0.519. The number of hydrogen-bond acceptors (Lipinski definition) is 7. The summed E-state index contributed by atoms with van der Waals surface area (Å²) in [5.41, 5.74) is 4.13. The van der Waals surface area contributed by atoms with Gasteiger partial charge in [-0.2, -0.15) is 10.2 Å². The van der Waals surface area contributed by atoms with Crippen LogP contribution >= 0.6 is 0 Å². The van der Waals surface area contributed by atoms with Crippen molar-refractivity contribution in [1.82, 2.24) is 28.9 Å². The van der Waals surface area contributed by atoms with Crippen LogP contribution < -0.4 is 10.6 Å². The number of aryl methyl sites for hydroxylation is 2. The van der Waals surface area contributed by atoms with Crippen molar-refractivity contribution in [2.45, 2.75) is 65.3 Å². The van der Waals surface area contributed by atoms with Crippen molar-refractivity contribution in [3.8, 4) is 6.07 Å². The SMILES string of the molecule is CCn1c(CC#N)nc2c(N3C[C@@H](C)N(C(C)c4ccc5c(c4)CN(C)C5=O)C[C@@H]3C)nc(=O)n(C)c21. The van der Waals surface area contributed by atoms with Crippen molar-refractivity contribution in [3.63, 3.8) is 0 Å². The lowest BCUT2D eigenvalue weighted by atomic mass is 9.97. The number of carbonyl (C=O) groups is 1. The first kappa shape index (κ1) is 25.0. The maximum Gasteiger partial charge on any atom is 0.350 e. The fourth-order valence-electron chi connectivity index (χ4n) is 5.95. The molecule has 1 unspecified atom stereocenters. The van der Waals surface area contributed by atoms with Crippen LogP contribution in [0.3, 0.4) is 0 Å². The van der Waals surface area contributed by atoms with Gasteiger partial charge in [0.15, 0.2) is 5.82 Å². The molecule has 2 aliphatic rings. The number of carbonyl (C=O) groups excluding carboxylic acids is 1. The third-order valence-corrected chi connectivity index (χ3v) is 7.99. The van der Waals surface area contributed by atoms with E-state index in [4.69, 9.17) is 4.98 Å². The van der Waals surface area contributed by atoms with Crippen molar-refractivity contribution in [1.29, 1.82) is 5.26 Å². The third-order valence-electron chi connectivity index (χ3n) is 7.99. The van der Waals surface area contributed by atoms with Gasteiger partial charge in [-0.05, 0) is 44.9 Å². The molecule has 0 radical (unpaired) electrons. The number of nitrogens with zero attached hydrogens (tertiary/aromatic N) is 8. The molecular formula is C27H34N8O2. The van der Waals surface area contributed by atoms with Crippen LogP contribution in [0, 0.1) is 11.3 Å². The van der Waals surface area contributed by atoms with Gasteiger partial charge in [-0.3, -0.25) is 14.3 Å². The zero-order valence-electron chi connectivity index (χ0n) is 22.4. The van der Waals surface area contributed by atoms with Gasteiger partial charge in [0.2, 0.25) is 0 Å². The molecule has 194 valence electrons. The van der Waals surface area contributed by atoms with E-state index in [9.17, 15) is 14.9 Å². The van der Waals surface area contributed by atoms with Gasteiger partial charge < -0.3 is 14.4 Å². The van der Waals surface area contributed by atoms with E-state index < -0.39 is 0 Å². The molecule has 1 fully saturated rings. The Morgan fingerprint density at radius 3 is 2.59 bits per heavy atom. The first-order chi connectivity index (χ1) is 17.7. The molecule has 0 N–H and O–H groups in total. The number of rotatable bonds is 5. The van der Waals surface area contributed by atoms with Crippen LogP contribution in [0.4, 0.5) is 5.82 Å². The van der Waals surface area contributed by atoms with Crippen LogP contribution in [0.25, 0.3) is 11.2 Å². The fourth-order valence-corrected chi connectivity index (χ4v) is 5.95. The second-order valence-electron chi connectivity index (χ2n) is 10.4. The highest BCUT2D eigenvalue weighted by molar-refractivity contribution is 5.98. The monoisotopic (exact) mass is 502 g/mol. The smallest absolute Gasteiger partial charge is 0.349 e. The van der Waals surface area contributed by atoms with Gasteiger partial charge in [0, 0.05) is 64.0 Å². The van der Waals surface area contributed by atoms with E-state index in [0.29, 0.717) is 42.4 Å². The highest BCUT2D eigenvalue weighted by Gasteiger charge is 2.35. The molecule has 10 heteroatoms. The van der Waals surface area contributed by atoms with E-state index in [1.54, 1.807) is 11.9 Å². The van der Waals surface area contributed by atoms with E-state index in [1.807, 2.05) is 24.6 Å². The van der Waals surface area contributed by atoms with Crippen LogP contribution in [0.1, 0.15) is 61.0 Å². The van der Waals surface area contributed by atoms with Crippen LogP contribution in [0.2, 0.25) is 0 Å². The van der Waals surface area contributed by atoms with E-state index in [1.165, 1.54) is 10.1 Å². The molecule has 3 atom stereocenters. The molecule has 1 saturated heterocycles. The molecule has 37 heavy (non-hydrogen) atoms. The first-order valence-electron chi connectivity index (χ1n) is 12.9. The Balaban J connectivity index is 1.46. The van der Waals surface area contributed by atoms with Crippen LogP contribution in [0.5, 0.6) is 0 Å². The van der Waals surface area contributed by atoms with Gasteiger partial charge in [0.05, 0.1) is 12.5 Å². The number of hydrogen-bond donors (Lipinski definition) is 0. The van der Waals surface area contributed by atoms with E-state index >= 15 is 0 Å². The Kier molecular flexibility index (Phi) is 6.28. The molecule has 0 bridgehead atoms. The van der Waals surface area contributed by atoms with Gasteiger partial charge in [-0.15, -0.1) is 0 Å². The number of amides is 1. The van der Waals surface area contributed by atoms with Crippen molar-refractivity contribution >= 4 is 22.9 Å². The van der Waals surface area contributed by atoms with Crippen molar-refractivity contribution in [2.24, 2.45) is 7.05 Å². The van der Waals surface area contributed by atoms with Gasteiger partial charge in [0.1, 0.15) is 17.0 Å². The van der Waals surface area contributed by atoms with Crippen LogP contribution in [0.15, 0.2) is 23.0 Å². The van der Waals surface area contributed by atoms with Crippen LogP contribution in [-0.2, 0) is 26.6 Å². The average molecular weight is 503 g/mol. The minimum absolute atomic E-state index is 0.0843. The highest BCUT2D eigenvalue weighted by atomic mass is 16.2. The topological polar surface area (TPSA) is 103 Å². The molecule has 3 aromatic rings. The summed E-state index contributed by atoms with van der Waals surface area (Å²) in [7, 11) is 3.54. The summed E-state index contributed by atoms with van der Waals surface area (Å²) in [6.45, 7) is 11.3. The summed E-state index contributed by atoms with van der Waals surface area (Å²) in [5.74, 6) is 1.33. The molecular weight excluding hydrogens is 468 g/mol. The number of piperazine rings is 1. The third kappa shape index (κ3) is 3.98. The minimum Gasteiger partial charge on any atom is -0.349 e. The molecule has 0 spiro atoms. The Hall–Kier alpha value is -3.71. The molecule has 10 nitrogen and oxygen atoms in total. The zero-order chi connectivity index (χ0) is 26.6. The number of imidazole rings is 1. The maximum absolute atomic E-state index is 12.9. The van der Waals surface area contributed by atoms with Crippen molar-refractivity contribution in [2.75, 3.05) is 25.0 Å². The molecule has 2 aliphatic heterocycles. The second-order valence-corrected chi connectivity index (χ2v) is 10.4. The molecule has 1 aromatic carbocycles. The average Bonchev–Trinajstić information content (AvgIpc) is 3.38. The number of nitriles is 1. The highest BCUT2D eigenvalue weighted by Crippen LogP contribution is 2.33. The molecule has 2 aromatic heterocycles. The molecule has 1 amide bonds. The summed E-state index contributed by atoms with van der Waals surface area (Å²) in [5, 5.41) is 9.31. The number of anilines is 1. The summed E-state index contributed by atoms with van der Waals surface area (Å²) in [4.78, 5) is 40.9. The first-order valence-corrected chi connectivity index (χ1v) is 12.9. The molecule has 4 heterocycles. The number of benzene rings is 1. The quantitative estimate of drug-likeness (QED) is 0.528. The predicted octanol–water partition coefficient (Wildman–Crippen LogP) is 2.46. The van der Waals surface area contributed by atoms with E-state index in [0.717, 1.165) is 17.7 Å². The lowest BCUT2D eigenvalue weighted by molar-refractivity contribution is 0.0816. The predicted molar refractivity (Wildman–Crippen MR) is 141 cm³/mol. The van der Waals surface area contributed by atoms with Crippen LogP contribution in [-0.4, -0.2) is 67.0 Å². The summed E-state index contributed by atoms with van der Waals surface area (Å²) in [6.07, 6.45) is 0.176. The maximum atomic E-state index is 12.9. The molecule has 0 aliphatic carbocycles. The number of aromatic nitrogens is 4. The standard InChI is InChI=1S/C27H34N8O2/c1-7-33-22(10-11-28)29-23-24(30-27(37)32(6)25(23)33)35-14-16(2)34(13-17(35)3)18(4)19-8-9-21-20(12-19)15-31(5)26(21)36/h8-9,12,16-18H,7,10,13-15H2,1-6H3/t16-,17+,18?/m1/s1. The lowest BCUT2D eigenvalue weighted by Crippen LogP contribution is -2.57. The lowest BCUT2D eigenvalue weighted by Gasteiger charge is -2.47. The van der Waals surface area contributed by atoms with Gasteiger partial charge in [-0.1, -0.05) is 12.1 Å². The summed E-state index contributed by atoms with van der Waals surface area (Å²) in [6, 6.07) is 8.85. The summed E-state index contributed by atoms with van der Waals surface area (Å²) >= 11 is 0. The Morgan fingerprint density at radius 1 is 1.14 bits per heavy atom. The molecule has 0 saturated carbocycles.